The zero-order valence-corrected chi connectivity index (χ0v) is 15.7. The lowest BCUT2D eigenvalue weighted by molar-refractivity contribution is -0.384. The van der Waals surface area contributed by atoms with E-state index in [1.807, 2.05) is 25.1 Å². The van der Waals surface area contributed by atoms with Crippen molar-refractivity contribution in [2.75, 3.05) is 31.6 Å². The molecule has 1 aliphatic heterocycles. The number of hydrogen-bond acceptors (Lipinski definition) is 5. The summed E-state index contributed by atoms with van der Waals surface area (Å²) < 4.78 is 5.46. The molecule has 1 heterocycles. The largest absolute Gasteiger partial charge is 0.379 e. The van der Waals surface area contributed by atoms with Crippen LogP contribution in [-0.4, -0.2) is 48.2 Å². The molecule has 0 aromatic heterocycles. The number of anilines is 1. The molecular weight excluding hydrogens is 360 g/mol. The lowest BCUT2D eigenvalue weighted by atomic mass is 9.98. The van der Waals surface area contributed by atoms with E-state index in [1.54, 1.807) is 0 Å². The number of hydrogen-bond donors (Lipinski definition) is 2. The second kappa shape index (κ2) is 9.29. The molecule has 0 radical (unpaired) electrons. The van der Waals surface area contributed by atoms with Crippen LogP contribution in [-0.2, 0) is 4.74 Å². The Balaban J connectivity index is 1.67. The lowest BCUT2D eigenvalue weighted by Crippen LogP contribution is -2.49. The number of nitro benzene ring substituents is 1. The van der Waals surface area contributed by atoms with Gasteiger partial charge in [-0.05, 0) is 24.6 Å². The zero-order chi connectivity index (χ0) is 19.9. The molecule has 1 fully saturated rings. The van der Waals surface area contributed by atoms with Crippen molar-refractivity contribution in [3.05, 3.63) is 70.3 Å². The SMILES string of the molecule is C[C@@H](NC(=O)Nc1ccc([N+](=O)[O-])cc1)[C@H](c1ccccc1)N1CCOCC1. The Labute approximate surface area is 163 Å². The molecule has 0 spiro atoms. The Hall–Kier alpha value is -2.97. The molecule has 2 amide bonds. The van der Waals surface area contributed by atoms with E-state index in [-0.39, 0.29) is 23.8 Å². The molecule has 0 unspecified atom stereocenters. The van der Waals surface area contributed by atoms with E-state index in [2.05, 4.69) is 27.7 Å². The van der Waals surface area contributed by atoms with Crippen molar-refractivity contribution in [2.45, 2.75) is 19.0 Å². The smallest absolute Gasteiger partial charge is 0.319 e. The highest BCUT2D eigenvalue weighted by Gasteiger charge is 2.28. The van der Waals surface area contributed by atoms with Gasteiger partial charge < -0.3 is 15.4 Å². The van der Waals surface area contributed by atoms with Crippen molar-refractivity contribution < 1.29 is 14.5 Å². The summed E-state index contributed by atoms with van der Waals surface area (Å²) in [5.41, 5.74) is 1.61. The van der Waals surface area contributed by atoms with Gasteiger partial charge in [-0.2, -0.15) is 0 Å². The number of non-ortho nitro benzene ring substituents is 1. The molecule has 2 atom stereocenters. The number of benzene rings is 2. The number of nitrogens with one attached hydrogen (secondary N) is 2. The van der Waals surface area contributed by atoms with Gasteiger partial charge in [-0.1, -0.05) is 30.3 Å². The molecule has 1 saturated heterocycles. The summed E-state index contributed by atoms with van der Waals surface area (Å²) in [7, 11) is 0. The summed E-state index contributed by atoms with van der Waals surface area (Å²) in [6.45, 7) is 4.92. The molecule has 0 bridgehead atoms. The van der Waals surface area contributed by atoms with Crippen LogP contribution in [0.2, 0.25) is 0 Å². The molecule has 2 aromatic rings. The maximum Gasteiger partial charge on any atom is 0.319 e. The minimum atomic E-state index is -0.473. The second-order valence-electron chi connectivity index (χ2n) is 6.69. The van der Waals surface area contributed by atoms with Gasteiger partial charge in [0, 0.05) is 37.0 Å². The van der Waals surface area contributed by atoms with Crippen LogP contribution in [0.15, 0.2) is 54.6 Å². The van der Waals surface area contributed by atoms with Crippen molar-refractivity contribution in [1.29, 1.82) is 0 Å². The van der Waals surface area contributed by atoms with Crippen molar-refractivity contribution in [3.8, 4) is 0 Å². The molecule has 3 rings (SSSR count). The molecular formula is C20H24N4O4. The predicted molar refractivity (Wildman–Crippen MR) is 106 cm³/mol. The maximum atomic E-state index is 12.5. The standard InChI is InChI=1S/C20H24N4O4/c1-15(21-20(25)22-17-7-9-18(10-8-17)24(26)27)19(16-5-3-2-4-6-16)23-11-13-28-14-12-23/h2-10,15,19H,11-14H2,1H3,(H2,21,22,25)/t15-,19-/m1/s1. The molecule has 1 aliphatic rings. The number of morpholine rings is 1. The third-order valence-electron chi connectivity index (χ3n) is 4.75. The highest BCUT2D eigenvalue weighted by Crippen LogP contribution is 2.25. The summed E-state index contributed by atoms with van der Waals surface area (Å²) in [4.78, 5) is 25.0. The summed E-state index contributed by atoms with van der Waals surface area (Å²) in [6.07, 6.45) is 0. The van der Waals surface area contributed by atoms with Gasteiger partial charge in [0.25, 0.3) is 5.69 Å². The van der Waals surface area contributed by atoms with E-state index in [9.17, 15) is 14.9 Å². The minimum absolute atomic E-state index is 0.0178. The number of nitro groups is 1. The zero-order valence-electron chi connectivity index (χ0n) is 15.7. The molecule has 2 N–H and O–H groups in total. The molecule has 2 aromatic carbocycles. The van der Waals surface area contributed by atoms with Crippen LogP contribution >= 0.6 is 0 Å². The molecule has 8 heteroatoms. The number of carbonyl (C=O) groups is 1. The Morgan fingerprint density at radius 3 is 2.36 bits per heavy atom. The number of rotatable bonds is 6. The van der Waals surface area contributed by atoms with E-state index in [0.29, 0.717) is 18.9 Å². The highest BCUT2D eigenvalue weighted by atomic mass is 16.6. The third kappa shape index (κ3) is 5.05. The average Bonchev–Trinajstić information content (AvgIpc) is 2.70. The fraction of sp³-hybridized carbons (Fsp3) is 0.350. The number of nitrogens with zero attached hydrogens (tertiary/aromatic N) is 2. The number of urea groups is 1. The molecule has 28 heavy (non-hydrogen) atoms. The minimum Gasteiger partial charge on any atom is -0.379 e. The quantitative estimate of drug-likeness (QED) is 0.589. The van der Waals surface area contributed by atoms with E-state index in [4.69, 9.17) is 4.74 Å². The number of ether oxygens (including phenoxy) is 1. The lowest BCUT2D eigenvalue weighted by Gasteiger charge is -2.38. The highest BCUT2D eigenvalue weighted by molar-refractivity contribution is 5.89. The van der Waals surface area contributed by atoms with E-state index >= 15 is 0 Å². The van der Waals surface area contributed by atoms with Crippen LogP contribution in [0.4, 0.5) is 16.2 Å². The average molecular weight is 384 g/mol. The Kier molecular flexibility index (Phi) is 6.57. The van der Waals surface area contributed by atoms with Crippen LogP contribution in [0.1, 0.15) is 18.5 Å². The summed E-state index contributed by atoms with van der Waals surface area (Å²) in [6, 6.07) is 15.3. The van der Waals surface area contributed by atoms with Crippen LogP contribution in [0, 0.1) is 10.1 Å². The van der Waals surface area contributed by atoms with E-state index in [0.717, 1.165) is 18.7 Å². The van der Waals surface area contributed by atoms with Gasteiger partial charge in [0.2, 0.25) is 0 Å². The summed E-state index contributed by atoms with van der Waals surface area (Å²) in [5.74, 6) is 0. The second-order valence-corrected chi connectivity index (χ2v) is 6.69. The molecule has 148 valence electrons. The number of carbonyl (C=O) groups excluding carboxylic acids is 1. The van der Waals surface area contributed by atoms with Crippen LogP contribution in [0.5, 0.6) is 0 Å². The predicted octanol–water partition coefficient (Wildman–Crippen LogP) is 3.18. The third-order valence-corrected chi connectivity index (χ3v) is 4.75. The van der Waals surface area contributed by atoms with E-state index < -0.39 is 4.92 Å². The van der Waals surface area contributed by atoms with Gasteiger partial charge in [0.1, 0.15) is 0 Å². The fourth-order valence-electron chi connectivity index (χ4n) is 3.44. The first-order chi connectivity index (χ1) is 13.5. The van der Waals surface area contributed by atoms with Gasteiger partial charge in [-0.3, -0.25) is 15.0 Å². The van der Waals surface area contributed by atoms with Gasteiger partial charge in [-0.15, -0.1) is 0 Å². The van der Waals surface area contributed by atoms with Crippen molar-refractivity contribution in [2.24, 2.45) is 0 Å². The first kappa shape index (κ1) is 19.8. The van der Waals surface area contributed by atoms with Gasteiger partial charge in [-0.25, -0.2) is 4.79 Å². The topological polar surface area (TPSA) is 96.7 Å². The first-order valence-electron chi connectivity index (χ1n) is 9.23. The fourth-order valence-corrected chi connectivity index (χ4v) is 3.44. The summed E-state index contributed by atoms with van der Waals surface area (Å²) in [5, 5.41) is 16.5. The van der Waals surface area contributed by atoms with Crippen molar-refractivity contribution in [1.82, 2.24) is 10.2 Å². The van der Waals surface area contributed by atoms with Gasteiger partial charge >= 0.3 is 6.03 Å². The Bertz CT molecular complexity index is 792. The molecule has 8 nitrogen and oxygen atoms in total. The van der Waals surface area contributed by atoms with Crippen LogP contribution in [0.3, 0.4) is 0 Å². The molecule has 0 aliphatic carbocycles. The monoisotopic (exact) mass is 384 g/mol. The first-order valence-corrected chi connectivity index (χ1v) is 9.23. The van der Waals surface area contributed by atoms with Gasteiger partial charge in [0.05, 0.1) is 24.2 Å². The maximum absolute atomic E-state index is 12.5. The van der Waals surface area contributed by atoms with Crippen molar-refractivity contribution in [3.63, 3.8) is 0 Å². The van der Waals surface area contributed by atoms with E-state index in [1.165, 1.54) is 24.3 Å². The van der Waals surface area contributed by atoms with Crippen LogP contribution < -0.4 is 10.6 Å². The Morgan fingerprint density at radius 1 is 1.11 bits per heavy atom. The van der Waals surface area contributed by atoms with Crippen LogP contribution in [0.25, 0.3) is 0 Å². The summed E-state index contributed by atoms with van der Waals surface area (Å²) >= 11 is 0. The van der Waals surface area contributed by atoms with Gasteiger partial charge in [0.15, 0.2) is 0 Å². The Morgan fingerprint density at radius 2 is 1.75 bits per heavy atom. The number of amides is 2. The molecule has 0 saturated carbocycles. The van der Waals surface area contributed by atoms with Crippen molar-refractivity contribution >= 4 is 17.4 Å². The normalized spacial score (nSPS) is 16.8.